The molecular weight excluding hydrogens is 516 g/mol. The van der Waals surface area contributed by atoms with E-state index in [2.05, 4.69) is 73.3 Å². The number of unbranched alkanes of at least 4 members (excludes halogenated alkanes) is 1. The summed E-state index contributed by atoms with van der Waals surface area (Å²) in [5.74, 6) is 1.96. The number of aryl methyl sites for hydroxylation is 1. The SMILES string of the molecule is C=C/C(=C\N(C)C)c1cccc(-c2nc(NCCC(C)CCCCC(C)C(C)=O)c(/C(C=NC)=C/C)cc2C)c1.CC. The lowest BCUT2D eigenvalue weighted by Crippen LogP contribution is -2.11. The molecular formula is C37H56N4O. The molecule has 0 amide bonds. The lowest BCUT2D eigenvalue weighted by atomic mass is 9.95. The number of hydrogen-bond acceptors (Lipinski definition) is 5. The summed E-state index contributed by atoms with van der Waals surface area (Å²) >= 11 is 0. The lowest BCUT2D eigenvalue weighted by molar-refractivity contribution is -0.120. The van der Waals surface area contributed by atoms with Crippen LogP contribution >= 0.6 is 0 Å². The molecule has 2 atom stereocenters. The molecule has 0 aliphatic rings. The molecule has 2 aromatic rings. The van der Waals surface area contributed by atoms with Crippen molar-refractivity contribution in [2.75, 3.05) is 33.0 Å². The molecule has 5 heteroatoms. The molecule has 0 saturated heterocycles. The molecule has 0 fully saturated rings. The zero-order valence-electron chi connectivity index (χ0n) is 28.1. The minimum absolute atomic E-state index is 0.178. The van der Waals surface area contributed by atoms with E-state index in [-0.39, 0.29) is 5.92 Å². The summed E-state index contributed by atoms with van der Waals surface area (Å²) in [6, 6.07) is 10.7. The van der Waals surface area contributed by atoms with Crippen molar-refractivity contribution in [3.8, 4) is 11.3 Å². The number of pyridine rings is 1. The minimum Gasteiger partial charge on any atom is -0.383 e. The molecule has 0 spiro atoms. The van der Waals surface area contributed by atoms with Gasteiger partial charge in [-0.25, -0.2) is 4.98 Å². The first-order valence-electron chi connectivity index (χ1n) is 15.6. The summed E-state index contributed by atoms with van der Waals surface area (Å²) in [6.45, 7) is 19.1. The number of Topliss-reactive ketones (excluding diaryl/α,β-unsaturated/α-hetero) is 1. The molecule has 0 radical (unpaired) electrons. The number of allylic oxidation sites excluding steroid dienone is 4. The predicted molar refractivity (Wildman–Crippen MR) is 186 cm³/mol. The molecule has 5 nitrogen and oxygen atoms in total. The third kappa shape index (κ3) is 11.8. The van der Waals surface area contributed by atoms with E-state index >= 15 is 0 Å². The van der Waals surface area contributed by atoms with Crippen LogP contribution in [0.4, 0.5) is 5.82 Å². The molecule has 0 bridgehead atoms. The summed E-state index contributed by atoms with van der Waals surface area (Å²) in [4.78, 5) is 23.0. The minimum atomic E-state index is 0.178. The average molecular weight is 573 g/mol. The highest BCUT2D eigenvalue weighted by Gasteiger charge is 2.15. The van der Waals surface area contributed by atoms with Crippen molar-refractivity contribution in [2.45, 2.75) is 80.6 Å². The van der Waals surface area contributed by atoms with Gasteiger partial charge >= 0.3 is 0 Å². The lowest BCUT2D eigenvalue weighted by Gasteiger charge is -2.18. The van der Waals surface area contributed by atoms with Gasteiger partial charge in [0.25, 0.3) is 0 Å². The number of ketones is 1. The molecule has 1 N–H and O–H groups in total. The number of carbonyl (C=O) groups is 1. The first-order valence-corrected chi connectivity index (χ1v) is 15.6. The van der Waals surface area contributed by atoms with Crippen molar-refractivity contribution in [1.82, 2.24) is 9.88 Å². The fraction of sp³-hybridized carbons (Fsp3) is 0.486. The van der Waals surface area contributed by atoms with E-state index in [1.165, 1.54) is 6.42 Å². The molecule has 2 unspecified atom stereocenters. The van der Waals surface area contributed by atoms with Gasteiger partial charge in [0.15, 0.2) is 0 Å². The standard InChI is InChI=1S/C35H50N4O.C2H6/c1-10-29(23-36-7)33-21-27(5)34(32-18-14-17-31(22-32)30(11-2)24-39(8)9)38-35(33)37-20-19-25(3)15-12-13-16-26(4)28(6)40;1-2/h10-11,14,17-18,21-26H,2,12-13,15-16,19-20H2,1,3-9H3,(H,37,38);1-2H3/b29-10+,30-24+,36-23?;. The van der Waals surface area contributed by atoms with E-state index in [0.29, 0.717) is 11.7 Å². The fourth-order valence-corrected chi connectivity index (χ4v) is 4.80. The topological polar surface area (TPSA) is 57.6 Å². The molecule has 0 aliphatic heterocycles. The van der Waals surface area contributed by atoms with Gasteiger partial charge in [-0.2, -0.15) is 0 Å². The van der Waals surface area contributed by atoms with Gasteiger partial charge in [-0.1, -0.05) is 83.9 Å². The Hall–Kier alpha value is -3.47. The van der Waals surface area contributed by atoms with Crippen molar-refractivity contribution in [1.29, 1.82) is 0 Å². The van der Waals surface area contributed by atoms with Crippen molar-refractivity contribution >= 4 is 29.0 Å². The van der Waals surface area contributed by atoms with Crippen LogP contribution in [0.15, 0.2) is 60.3 Å². The van der Waals surface area contributed by atoms with Crippen LogP contribution in [-0.4, -0.2) is 49.6 Å². The zero-order chi connectivity index (χ0) is 31.7. The van der Waals surface area contributed by atoms with Crippen LogP contribution in [0.1, 0.15) is 90.3 Å². The van der Waals surface area contributed by atoms with Crippen LogP contribution in [0.5, 0.6) is 0 Å². The Labute approximate surface area is 257 Å². The highest BCUT2D eigenvalue weighted by molar-refractivity contribution is 6.11. The normalized spacial score (nSPS) is 13.3. The number of rotatable bonds is 16. The van der Waals surface area contributed by atoms with Gasteiger partial charge in [0.2, 0.25) is 0 Å². The Morgan fingerprint density at radius 1 is 1.10 bits per heavy atom. The monoisotopic (exact) mass is 572 g/mol. The first-order chi connectivity index (χ1) is 20.1. The van der Waals surface area contributed by atoms with E-state index in [4.69, 9.17) is 4.98 Å². The summed E-state index contributed by atoms with van der Waals surface area (Å²) in [7, 11) is 5.84. The fourth-order valence-electron chi connectivity index (χ4n) is 4.80. The zero-order valence-corrected chi connectivity index (χ0v) is 28.1. The number of carbonyl (C=O) groups excluding carboxylic acids is 1. The van der Waals surface area contributed by atoms with Crippen LogP contribution in [0.2, 0.25) is 0 Å². The van der Waals surface area contributed by atoms with Gasteiger partial charge < -0.3 is 10.2 Å². The van der Waals surface area contributed by atoms with E-state index in [1.807, 2.05) is 59.0 Å². The van der Waals surface area contributed by atoms with Crippen LogP contribution < -0.4 is 5.32 Å². The van der Waals surface area contributed by atoms with Gasteiger partial charge in [0.05, 0.1) is 5.69 Å². The van der Waals surface area contributed by atoms with E-state index in [1.54, 1.807) is 14.0 Å². The van der Waals surface area contributed by atoms with Crippen LogP contribution in [0.3, 0.4) is 0 Å². The molecule has 1 heterocycles. The summed E-state index contributed by atoms with van der Waals surface area (Å²) in [5.41, 5.74) is 7.46. The molecule has 0 saturated carbocycles. The van der Waals surface area contributed by atoms with Gasteiger partial charge in [-0.3, -0.25) is 9.79 Å². The number of anilines is 1. The second kappa shape index (κ2) is 19.6. The number of hydrogen-bond donors (Lipinski definition) is 1. The smallest absolute Gasteiger partial charge is 0.134 e. The van der Waals surface area contributed by atoms with E-state index in [0.717, 1.165) is 77.1 Å². The maximum absolute atomic E-state index is 11.5. The summed E-state index contributed by atoms with van der Waals surface area (Å²) in [6.07, 6.45) is 13.5. The van der Waals surface area contributed by atoms with Gasteiger partial charge in [0, 0.05) is 57.1 Å². The second-order valence-corrected chi connectivity index (χ2v) is 11.1. The molecule has 2 rings (SSSR count). The van der Waals surface area contributed by atoms with Gasteiger partial charge in [-0.15, -0.1) is 0 Å². The third-order valence-corrected chi connectivity index (χ3v) is 7.40. The molecule has 0 aliphatic carbocycles. The molecule has 1 aromatic heterocycles. The van der Waals surface area contributed by atoms with E-state index < -0.39 is 0 Å². The van der Waals surface area contributed by atoms with Crippen molar-refractivity contribution < 1.29 is 4.79 Å². The maximum atomic E-state index is 11.5. The Morgan fingerprint density at radius 2 is 1.79 bits per heavy atom. The van der Waals surface area contributed by atoms with Crippen LogP contribution in [0.25, 0.3) is 22.4 Å². The van der Waals surface area contributed by atoms with E-state index in [9.17, 15) is 4.79 Å². The van der Waals surface area contributed by atoms with Gasteiger partial charge in [0.1, 0.15) is 11.6 Å². The quantitative estimate of drug-likeness (QED) is 0.124. The first kappa shape index (κ1) is 36.6. The number of nitrogens with zero attached hydrogens (tertiary/aromatic N) is 3. The molecule has 42 heavy (non-hydrogen) atoms. The van der Waals surface area contributed by atoms with Crippen LogP contribution in [-0.2, 0) is 4.79 Å². The highest BCUT2D eigenvalue weighted by atomic mass is 16.1. The summed E-state index contributed by atoms with van der Waals surface area (Å²) < 4.78 is 0. The summed E-state index contributed by atoms with van der Waals surface area (Å²) in [5, 5.41) is 3.66. The van der Waals surface area contributed by atoms with Crippen molar-refractivity contribution in [3.63, 3.8) is 0 Å². The van der Waals surface area contributed by atoms with Crippen molar-refractivity contribution in [2.24, 2.45) is 16.8 Å². The maximum Gasteiger partial charge on any atom is 0.134 e. The van der Waals surface area contributed by atoms with Crippen molar-refractivity contribution in [3.05, 3.63) is 72.0 Å². The molecule has 230 valence electrons. The number of aromatic nitrogens is 1. The van der Waals surface area contributed by atoms with Gasteiger partial charge in [-0.05, 0) is 73.9 Å². The largest absolute Gasteiger partial charge is 0.383 e. The average Bonchev–Trinajstić information content (AvgIpc) is 2.98. The van der Waals surface area contributed by atoms with Crippen LogP contribution in [0, 0.1) is 18.8 Å². The Morgan fingerprint density at radius 3 is 2.38 bits per heavy atom. The Balaban J connectivity index is 0.00000431. The number of benzene rings is 1. The molecule has 1 aromatic carbocycles. The number of nitrogens with one attached hydrogen (secondary N) is 1. The third-order valence-electron chi connectivity index (χ3n) is 7.40. The number of aliphatic imine (C=N–C) groups is 1. The Bertz CT molecular complexity index is 1220. The second-order valence-electron chi connectivity index (χ2n) is 11.1. The predicted octanol–water partition coefficient (Wildman–Crippen LogP) is 9.50. The Kier molecular flexibility index (Phi) is 17.1. The highest BCUT2D eigenvalue weighted by Crippen LogP contribution is 2.31.